The van der Waals surface area contributed by atoms with Crippen LogP contribution in [0.25, 0.3) is 0 Å². The molecule has 110 valence electrons. The topological polar surface area (TPSA) is 41.5 Å². The first-order valence-electron chi connectivity index (χ1n) is 6.69. The molecule has 2 fully saturated rings. The summed E-state index contributed by atoms with van der Waals surface area (Å²) in [4.78, 5) is 0. The number of hydrogen-bond acceptors (Lipinski definition) is 3. The summed E-state index contributed by atoms with van der Waals surface area (Å²) < 4.78 is 40.7. The molecule has 0 spiro atoms. The number of alkyl halides is 3. The van der Waals surface area contributed by atoms with Crippen molar-refractivity contribution < 1.29 is 23.0 Å². The summed E-state index contributed by atoms with van der Waals surface area (Å²) in [5.41, 5.74) is -0.570. The molecule has 2 unspecified atom stereocenters. The van der Waals surface area contributed by atoms with Gasteiger partial charge in [-0.3, -0.25) is 0 Å². The van der Waals surface area contributed by atoms with E-state index in [0.717, 1.165) is 12.8 Å². The number of aliphatic hydroxyl groups is 1. The highest BCUT2D eigenvalue weighted by molar-refractivity contribution is 5.33. The third kappa shape index (κ3) is 2.76. The van der Waals surface area contributed by atoms with E-state index in [-0.39, 0.29) is 17.8 Å². The summed E-state index contributed by atoms with van der Waals surface area (Å²) in [6, 6.07) is 6.16. The number of nitrogens with one attached hydrogen (secondary N) is 1. The number of ether oxygens (including phenoxy) is 1. The fourth-order valence-electron chi connectivity index (χ4n) is 3.34. The molecule has 20 heavy (non-hydrogen) atoms. The van der Waals surface area contributed by atoms with Crippen LogP contribution in [-0.4, -0.2) is 23.6 Å². The lowest BCUT2D eigenvalue weighted by molar-refractivity contribution is -0.274. The number of fused-ring (bicyclic) bond motifs is 2. The van der Waals surface area contributed by atoms with Gasteiger partial charge in [-0.15, -0.1) is 13.2 Å². The van der Waals surface area contributed by atoms with Crippen LogP contribution in [0.1, 0.15) is 31.2 Å². The highest BCUT2D eigenvalue weighted by Gasteiger charge is 2.43. The van der Waals surface area contributed by atoms with Crippen molar-refractivity contribution in [1.82, 2.24) is 5.32 Å². The number of piperidine rings is 1. The van der Waals surface area contributed by atoms with Crippen molar-refractivity contribution in [2.75, 3.05) is 0 Å². The minimum absolute atomic E-state index is 0.242. The van der Waals surface area contributed by atoms with Crippen LogP contribution in [0.4, 0.5) is 13.2 Å². The van der Waals surface area contributed by atoms with Crippen LogP contribution in [0.15, 0.2) is 24.3 Å². The normalized spacial score (nSPS) is 33.2. The maximum absolute atomic E-state index is 12.3. The Balaban J connectivity index is 1.84. The Morgan fingerprint density at radius 3 is 2.45 bits per heavy atom. The number of benzene rings is 1. The summed E-state index contributed by atoms with van der Waals surface area (Å²) in [5.74, 6) is -0.283. The summed E-state index contributed by atoms with van der Waals surface area (Å²) in [5, 5.41) is 14.2. The number of hydrogen-bond donors (Lipinski definition) is 2. The van der Waals surface area contributed by atoms with Crippen molar-refractivity contribution in [2.45, 2.75) is 49.7 Å². The van der Waals surface area contributed by atoms with Gasteiger partial charge in [0, 0.05) is 12.1 Å². The van der Waals surface area contributed by atoms with Crippen molar-refractivity contribution in [3.63, 3.8) is 0 Å². The van der Waals surface area contributed by atoms with E-state index in [2.05, 4.69) is 10.1 Å². The Morgan fingerprint density at radius 2 is 1.85 bits per heavy atom. The highest BCUT2D eigenvalue weighted by atomic mass is 19.4. The Labute approximate surface area is 114 Å². The second-order valence-corrected chi connectivity index (χ2v) is 5.65. The Morgan fingerprint density at radius 1 is 1.20 bits per heavy atom. The SMILES string of the molecule is OC1(c2cccc(OC(F)(F)F)c2)CC2CCC(C1)N2. The van der Waals surface area contributed by atoms with Crippen molar-refractivity contribution in [3.8, 4) is 5.75 Å². The van der Waals surface area contributed by atoms with Crippen molar-refractivity contribution in [3.05, 3.63) is 29.8 Å². The molecule has 1 aromatic carbocycles. The molecule has 2 saturated heterocycles. The van der Waals surface area contributed by atoms with Crippen LogP contribution in [-0.2, 0) is 5.60 Å². The molecule has 0 radical (unpaired) electrons. The molecule has 3 nitrogen and oxygen atoms in total. The van der Waals surface area contributed by atoms with Crippen molar-refractivity contribution in [2.24, 2.45) is 0 Å². The van der Waals surface area contributed by atoms with E-state index in [0.29, 0.717) is 18.4 Å². The zero-order valence-electron chi connectivity index (χ0n) is 10.8. The summed E-state index contributed by atoms with van der Waals surface area (Å²) in [7, 11) is 0. The zero-order chi connectivity index (χ0) is 14.4. The lowest BCUT2D eigenvalue weighted by Gasteiger charge is -2.37. The third-order valence-electron chi connectivity index (χ3n) is 4.11. The van der Waals surface area contributed by atoms with E-state index in [1.54, 1.807) is 6.07 Å². The number of rotatable bonds is 2. The molecule has 2 heterocycles. The van der Waals surface area contributed by atoms with E-state index in [4.69, 9.17) is 0 Å². The van der Waals surface area contributed by atoms with Crippen LogP contribution in [0, 0.1) is 0 Å². The van der Waals surface area contributed by atoms with Gasteiger partial charge in [0.25, 0.3) is 0 Å². The van der Waals surface area contributed by atoms with E-state index in [9.17, 15) is 18.3 Å². The molecule has 0 aromatic heterocycles. The molecule has 2 aliphatic heterocycles. The average molecular weight is 287 g/mol. The first-order valence-corrected chi connectivity index (χ1v) is 6.69. The van der Waals surface area contributed by atoms with Crippen LogP contribution in [0.3, 0.4) is 0 Å². The first-order chi connectivity index (χ1) is 9.34. The molecule has 0 saturated carbocycles. The fraction of sp³-hybridized carbons (Fsp3) is 0.571. The molecule has 0 aliphatic carbocycles. The Kier molecular flexibility index (Phi) is 3.17. The van der Waals surface area contributed by atoms with Gasteiger partial charge in [0.15, 0.2) is 0 Å². The predicted octanol–water partition coefficient (Wildman–Crippen LogP) is 2.69. The molecule has 6 heteroatoms. The van der Waals surface area contributed by atoms with Crippen LogP contribution in [0.2, 0.25) is 0 Å². The van der Waals surface area contributed by atoms with Gasteiger partial charge in [0.1, 0.15) is 5.75 Å². The van der Waals surface area contributed by atoms with E-state index >= 15 is 0 Å². The van der Waals surface area contributed by atoms with Crippen molar-refractivity contribution >= 4 is 0 Å². The predicted molar refractivity (Wildman–Crippen MR) is 66.2 cm³/mol. The lowest BCUT2D eigenvalue weighted by Crippen LogP contribution is -2.46. The van der Waals surface area contributed by atoms with Crippen LogP contribution < -0.4 is 10.1 Å². The van der Waals surface area contributed by atoms with Gasteiger partial charge < -0.3 is 15.2 Å². The third-order valence-corrected chi connectivity index (χ3v) is 4.11. The Bertz CT molecular complexity index is 491. The van der Waals surface area contributed by atoms with Crippen LogP contribution in [0.5, 0.6) is 5.75 Å². The molecule has 2 bridgehead atoms. The van der Waals surface area contributed by atoms with Gasteiger partial charge in [-0.05, 0) is 43.4 Å². The fourth-order valence-corrected chi connectivity index (χ4v) is 3.34. The average Bonchev–Trinajstić information content (AvgIpc) is 2.67. The van der Waals surface area contributed by atoms with Crippen molar-refractivity contribution in [1.29, 1.82) is 0 Å². The molecule has 3 rings (SSSR count). The van der Waals surface area contributed by atoms with Gasteiger partial charge in [0.05, 0.1) is 5.60 Å². The van der Waals surface area contributed by atoms with E-state index in [1.807, 2.05) is 0 Å². The standard InChI is InChI=1S/C14H16F3NO2/c15-14(16,17)20-12-3-1-2-9(6-12)13(19)7-10-4-5-11(8-13)18-10/h1-3,6,10-11,18-19H,4-5,7-8H2. The summed E-state index contributed by atoms with van der Waals surface area (Å²) >= 11 is 0. The molecule has 2 aliphatic rings. The largest absolute Gasteiger partial charge is 0.573 e. The lowest BCUT2D eigenvalue weighted by atomic mass is 9.81. The molecule has 0 amide bonds. The summed E-state index contributed by atoms with van der Waals surface area (Å²) in [6.07, 6.45) is -1.65. The molecular formula is C14H16F3NO2. The minimum atomic E-state index is -4.71. The second-order valence-electron chi connectivity index (χ2n) is 5.65. The molecule has 1 aromatic rings. The highest BCUT2D eigenvalue weighted by Crippen LogP contribution is 2.41. The molecular weight excluding hydrogens is 271 g/mol. The van der Waals surface area contributed by atoms with Gasteiger partial charge >= 0.3 is 6.36 Å². The minimum Gasteiger partial charge on any atom is -0.406 e. The van der Waals surface area contributed by atoms with Gasteiger partial charge in [-0.2, -0.15) is 0 Å². The quantitative estimate of drug-likeness (QED) is 0.878. The zero-order valence-corrected chi connectivity index (χ0v) is 10.8. The van der Waals surface area contributed by atoms with Gasteiger partial charge in [-0.25, -0.2) is 0 Å². The van der Waals surface area contributed by atoms with E-state index < -0.39 is 12.0 Å². The maximum atomic E-state index is 12.3. The first kappa shape index (κ1) is 13.7. The smallest absolute Gasteiger partial charge is 0.406 e. The Hall–Kier alpha value is -1.27. The van der Waals surface area contributed by atoms with Gasteiger partial charge in [-0.1, -0.05) is 12.1 Å². The summed E-state index contributed by atoms with van der Waals surface area (Å²) in [6.45, 7) is 0. The van der Waals surface area contributed by atoms with Gasteiger partial charge in [0.2, 0.25) is 0 Å². The number of halogens is 3. The second kappa shape index (κ2) is 4.63. The van der Waals surface area contributed by atoms with E-state index in [1.165, 1.54) is 18.2 Å². The maximum Gasteiger partial charge on any atom is 0.573 e. The molecule has 2 atom stereocenters. The van der Waals surface area contributed by atoms with Crippen LogP contribution >= 0.6 is 0 Å². The molecule has 2 N–H and O–H groups in total. The monoisotopic (exact) mass is 287 g/mol.